The molecule has 0 bridgehead atoms. The Kier molecular flexibility index (Phi) is 16.2. The second-order valence-corrected chi connectivity index (χ2v) is 21.0. The maximum Gasteiger partial charge on any atom is 0.311 e. The molecule has 5 rings (SSSR count). The van der Waals surface area contributed by atoms with Gasteiger partial charge in [0, 0.05) is 23.2 Å². The molecule has 3 aromatic carbocycles. The smallest absolute Gasteiger partial charge is 0.311 e. The highest BCUT2D eigenvalue weighted by Crippen LogP contribution is 2.38. The highest BCUT2D eigenvalue weighted by atomic mass is 16.7. The second-order valence-electron chi connectivity index (χ2n) is 21.0. The summed E-state index contributed by atoms with van der Waals surface area (Å²) in [6.07, 6.45) is -8.09. The molecule has 70 heavy (non-hydrogen) atoms. The van der Waals surface area contributed by atoms with Crippen LogP contribution in [0.2, 0.25) is 0 Å². The molecular weight excluding hydrogens is 893 g/mol. The van der Waals surface area contributed by atoms with Crippen molar-refractivity contribution in [2.75, 3.05) is 13.2 Å². The van der Waals surface area contributed by atoms with E-state index >= 15 is 0 Å². The fraction of sp³-hybridized carbons (Fsp3) is 0.554. The third-order valence-electron chi connectivity index (χ3n) is 11.2. The molecule has 1 fully saturated rings. The molecule has 1 aliphatic rings. The van der Waals surface area contributed by atoms with E-state index in [2.05, 4.69) is 0 Å². The van der Waals surface area contributed by atoms with Crippen LogP contribution in [-0.2, 0) is 73.8 Å². The zero-order valence-electron chi connectivity index (χ0n) is 46.8. The van der Waals surface area contributed by atoms with Crippen molar-refractivity contribution >= 4 is 23.9 Å². The fourth-order valence-corrected chi connectivity index (χ4v) is 7.19. The number of aryl methyl sites for hydroxylation is 1. The third kappa shape index (κ3) is 15.1. The van der Waals surface area contributed by atoms with Crippen molar-refractivity contribution in [3.05, 3.63) is 112 Å². The largest absolute Gasteiger partial charge is 0.489 e. The monoisotopic (exact) mass is 973 g/mol. The van der Waals surface area contributed by atoms with E-state index in [1.54, 1.807) is 4.68 Å². The molecule has 0 aliphatic carbocycles. The lowest BCUT2D eigenvalue weighted by Gasteiger charge is -2.45. The van der Waals surface area contributed by atoms with E-state index in [0.29, 0.717) is 31.1 Å². The lowest BCUT2D eigenvalue weighted by Crippen LogP contribution is -2.65. The third-order valence-corrected chi connectivity index (χ3v) is 11.2. The first-order valence-electron chi connectivity index (χ1n) is 26.5. The average molecular weight is 973 g/mol. The summed E-state index contributed by atoms with van der Waals surface area (Å²) in [5.41, 5.74) is -0.256. The molecule has 5 atom stereocenters. The molecule has 0 amide bonds. The summed E-state index contributed by atoms with van der Waals surface area (Å²) < 4.78 is 84.7. The van der Waals surface area contributed by atoms with E-state index in [9.17, 15) is 19.2 Å². The first-order valence-corrected chi connectivity index (χ1v) is 23.6. The van der Waals surface area contributed by atoms with Gasteiger partial charge in [0.15, 0.2) is 12.2 Å². The number of esters is 4. The van der Waals surface area contributed by atoms with Gasteiger partial charge in [-0.2, -0.15) is 0 Å². The molecule has 1 aromatic heterocycles. The van der Waals surface area contributed by atoms with Gasteiger partial charge in [-0.15, -0.1) is 5.10 Å². The van der Waals surface area contributed by atoms with Crippen LogP contribution >= 0.6 is 0 Å². The first kappa shape index (κ1) is 49.3. The maximum absolute atomic E-state index is 14.2. The standard InChI is InChI=1S/C56H76N2O12/c1-35(2)43-41(31-39-26-27-40(30-36(39)3)64-33-38-24-20-17-21-25-38)47(57-58(43)28-29-63-32-37-22-18-16-19-23-37)70-48-46(69-52(62)56(13,14)15)45(68-51(61)55(10,11)12)44(67-50(60)54(7,8)9)42(66-48)34-65-49(59)53(4,5)6/h16-27,30,35,42,44-46,48H,28-29,31-34H2,1-15H3/t42-,44-,45+,46-,48?/m1/s1/i4D,7D,10D,13D. The van der Waals surface area contributed by atoms with Gasteiger partial charge < -0.3 is 37.9 Å². The summed E-state index contributed by atoms with van der Waals surface area (Å²) in [6.45, 7) is 17.2. The molecule has 0 N–H and O–H groups in total. The number of aromatic nitrogens is 2. The summed E-state index contributed by atoms with van der Waals surface area (Å²) in [4.78, 5) is 55.9. The van der Waals surface area contributed by atoms with Crippen molar-refractivity contribution in [1.82, 2.24) is 9.78 Å². The minimum atomic E-state index is -1.75. The molecule has 14 nitrogen and oxygen atoms in total. The van der Waals surface area contributed by atoms with Gasteiger partial charge in [0.2, 0.25) is 18.3 Å². The van der Waals surface area contributed by atoms with E-state index in [1.807, 2.05) is 99.6 Å². The fourth-order valence-electron chi connectivity index (χ4n) is 7.19. The number of hydrogen-bond acceptors (Lipinski definition) is 13. The van der Waals surface area contributed by atoms with Crippen molar-refractivity contribution in [2.24, 2.45) is 21.7 Å². The summed E-state index contributed by atoms with van der Waals surface area (Å²) in [7, 11) is 0. The Morgan fingerprint density at radius 1 is 0.700 bits per heavy atom. The number of ether oxygens (including phenoxy) is 8. The van der Waals surface area contributed by atoms with Gasteiger partial charge in [0.1, 0.15) is 25.1 Å². The van der Waals surface area contributed by atoms with Crippen LogP contribution in [0.3, 0.4) is 0 Å². The Bertz CT molecular complexity index is 2500. The van der Waals surface area contributed by atoms with Gasteiger partial charge in [-0.25, -0.2) is 0 Å². The molecule has 1 saturated heterocycles. The molecule has 382 valence electrons. The van der Waals surface area contributed by atoms with Crippen LogP contribution in [0.5, 0.6) is 11.6 Å². The van der Waals surface area contributed by atoms with E-state index < -0.39 is 104 Å². The van der Waals surface area contributed by atoms with Gasteiger partial charge in [0.05, 0.1) is 41.4 Å². The molecule has 0 radical (unpaired) electrons. The van der Waals surface area contributed by atoms with Crippen LogP contribution < -0.4 is 9.47 Å². The SMILES string of the molecule is [2H]CC(C)(C)C(=O)OC[C@H]1OC(Oc2nn(CCOCc3ccccc3)c(C(C)C)c2Cc2ccc(OCc3ccccc3)cc2C)[C@H](OC(=O)C(C)(C)C[2H])[C@@H](OC(=O)C(C)(C)C[2H])[C@@H]1OC(=O)C(C)(C)C[2H]. The Morgan fingerprint density at radius 3 is 1.77 bits per heavy atom. The topological polar surface area (TPSA) is 160 Å². The predicted octanol–water partition coefficient (Wildman–Crippen LogP) is 10.3. The number of nitrogens with zero attached hydrogens (tertiary/aromatic N) is 2. The van der Waals surface area contributed by atoms with Crippen LogP contribution in [-0.4, -0.2) is 77.6 Å². The predicted molar refractivity (Wildman–Crippen MR) is 265 cm³/mol. The lowest BCUT2D eigenvalue weighted by atomic mass is 9.93. The second kappa shape index (κ2) is 23.0. The summed E-state index contributed by atoms with van der Waals surface area (Å²) in [6, 6.07) is 25.4. The van der Waals surface area contributed by atoms with Gasteiger partial charge in [-0.1, -0.05) is 80.6 Å². The number of hydrogen-bond donors (Lipinski definition) is 0. The molecule has 0 saturated carbocycles. The van der Waals surface area contributed by atoms with Crippen LogP contribution in [0, 0.1) is 28.6 Å². The van der Waals surface area contributed by atoms with Gasteiger partial charge >= 0.3 is 23.9 Å². The molecule has 2 heterocycles. The van der Waals surface area contributed by atoms with Crippen molar-refractivity contribution in [2.45, 2.75) is 167 Å². The van der Waals surface area contributed by atoms with Gasteiger partial charge in [0.25, 0.3) is 0 Å². The lowest BCUT2D eigenvalue weighted by molar-refractivity contribution is -0.294. The van der Waals surface area contributed by atoms with Gasteiger partial charge in [-0.05, 0) is 130 Å². The first-order chi connectivity index (χ1) is 34.9. The quantitative estimate of drug-likeness (QED) is 0.0527. The maximum atomic E-state index is 14.2. The molecule has 4 aromatic rings. The van der Waals surface area contributed by atoms with Crippen molar-refractivity contribution < 1.29 is 62.6 Å². The van der Waals surface area contributed by atoms with E-state index in [1.165, 1.54) is 55.4 Å². The molecule has 14 heteroatoms. The molecule has 1 unspecified atom stereocenters. The normalized spacial score (nSPS) is 19.5. The van der Waals surface area contributed by atoms with Crippen LogP contribution in [0.1, 0.15) is 142 Å². The van der Waals surface area contributed by atoms with Crippen LogP contribution in [0.25, 0.3) is 0 Å². The minimum absolute atomic E-state index is 0.0554. The van der Waals surface area contributed by atoms with E-state index in [-0.39, 0.29) is 31.7 Å². The van der Waals surface area contributed by atoms with E-state index in [0.717, 1.165) is 27.9 Å². The van der Waals surface area contributed by atoms with Crippen LogP contribution in [0.4, 0.5) is 0 Å². The zero-order chi connectivity index (χ0) is 54.6. The van der Waals surface area contributed by atoms with Crippen molar-refractivity contribution in [1.29, 1.82) is 0 Å². The Balaban J connectivity index is 1.68. The van der Waals surface area contributed by atoms with Gasteiger partial charge in [-0.3, -0.25) is 23.9 Å². The number of carbonyl (C=O) groups is 4. The highest BCUT2D eigenvalue weighted by Gasteiger charge is 2.56. The zero-order valence-corrected chi connectivity index (χ0v) is 42.8. The highest BCUT2D eigenvalue weighted by molar-refractivity contribution is 5.78. The average Bonchev–Trinajstić information content (AvgIpc) is 3.72. The molecule has 1 aliphatic heterocycles. The number of rotatable bonds is 18. The Hall–Kier alpha value is -5.73. The summed E-state index contributed by atoms with van der Waals surface area (Å²) in [5, 5.41) is 5.04. The summed E-state index contributed by atoms with van der Waals surface area (Å²) in [5.74, 6) is -2.91. The number of carbonyl (C=O) groups excluding carboxylic acids is 4. The molecular formula is C56H76N2O12. The Labute approximate surface area is 420 Å². The Morgan fingerprint density at radius 2 is 1.23 bits per heavy atom. The van der Waals surface area contributed by atoms with Crippen molar-refractivity contribution in [3.8, 4) is 11.6 Å². The summed E-state index contributed by atoms with van der Waals surface area (Å²) >= 11 is 0. The van der Waals surface area contributed by atoms with E-state index in [4.69, 9.17) is 48.5 Å². The number of benzene rings is 3. The minimum Gasteiger partial charge on any atom is -0.489 e. The van der Waals surface area contributed by atoms with Crippen molar-refractivity contribution in [3.63, 3.8) is 0 Å². The molecule has 0 spiro atoms. The van der Waals surface area contributed by atoms with Crippen LogP contribution in [0.15, 0.2) is 78.9 Å².